The zero-order valence-corrected chi connectivity index (χ0v) is 7.89. The third-order valence-corrected chi connectivity index (χ3v) is 1.79. The number of ether oxygens (including phenoxy) is 1. The minimum atomic E-state index is 0. The summed E-state index contributed by atoms with van der Waals surface area (Å²) >= 11 is 3.37. The van der Waals surface area contributed by atoms with Gasteiger partial charge in [-0.05, 0) is 35.0 Å². The van der Waals surface area contributed by atoms with Crippen LogP contribution in [0.5, 0.6) is 5.75 Å². The summed E-state index contributed by atoms with van der Waals surface area (Å²) < 4.78 is 6.30. The molecular formula is C8H11BrO2. The summed E-state index contributed by atoms with van der Waals surface area (Å²) in [6, 6.07) is 7.82. The molecule has 2 N–H and O–H groups in total. The second kappa shape index (κ2) is 5.16. The molecule has 0 atom stereocenters. The van der Waals surface area contributed by atoms with Gasteiger partial charge in [-0.25, -0.2) is 0 Å². The van der Waals surface area contributed by atoms with Crippen molar-refractivity contribution in [2.45, 2.75) is 6.92 Å². The first-order chi connectivity index (χ1) is 4.84. The fourth-order valence-corrected chi connectivity index (χ4v) is 1.12. The van der Waals surface area contributed by atoms with Gasteiger partial charge in [0.25, 0.3) is 0 Å². The van der Waals surface area contributed by atoms with Gasteiger partial charge in [0.05, 0.1) is 11.1 Å². The van der Waals surface area contributed by atoms with Gasteiger partial charge >= 0.3 is 0 Å². The summed E-state index contributed by atoms with van der Waals surface area (Å²) in [7, 11) is 0. The van der Waals surface area contributed by atoms with E-state index < -0.39 is 0 Å². The third kappa shape index (κ3) is 2.91. The molecule has 1 aromatic carbocycles. The van der Waals surface area contributed by atoms with E-state index in [0.29, 0.717) is 6.61 Å². The topological polar surface area (TPSA) is 40.7 Å². The second-order valence-corrected chi connectivity index (χ2v) is 2.72. The summed E-state index contributed by atoms with van der Waals surface area (Å²) in [6.07, 6.45) is 0. The van der Waals surface area contributed by atoms with Gasteiger partial charge in [0.2, 0.25) is 0 Å². The maximum absolute atomic E-state index is 5.29. The molecule has 62 valence electrons. The number of para-hydroxylation sites is 1. The highest BCUT2D eigenvalue weighted by Crippen LogP contribution is 2.23. The molecule has 0 unspecified atom stereocenters. The van der Waals surface area contributed by atoms with Crippen LogP contribution in [-0.2, 0) is 0 Å². The van der Waals surface area contributed by atoms with Crippen LogP contribution in [0.4, 0.5) is 0 Å². The van der Waals surface area contributed by atoms with Gasteiger partial charge in [0, 0.05) is 0 Å². The summed E-state index contributed by atoms with van der Waals surface area (Å²) in [5.41, 5.74) is 0. The highest BCUT2D eigenvalue weighted by atomic mass is 79.9. The van der Waals surface area contributed by atoms with Crippen LogP contribution in [0.1, 0.15) is 6.92 Å². The van der Waals surface area contributed by atoms with Crippen LogP contribution in [0, 0.1) is 0 Å². The quantitative estimate of drug-likeness (QED) is 0.750. The lowest BCUT2D eigenvalue weighted by molar-refractivity contribution is 0.338. The smallest absolute Gasteiger partial charge is 0.133 e. The average molecular weight is 219 g/mol. The maximum atomic E-state index is 5.29. The van der Waals surface area contributed by atoms with E-state index in [1.807, 2.05) is 31.2 Å². The van der Waals surface area contributed by atoms with Crippen LogP contribution >= 0.6 is 15.9 Å². The molecule has 1 rings (SSSR count). The Bertz CT molecular complexity index is 213. The van der Waals surface area contributed by atoms with Gasteiger partial charge in [0.15, 0.2) is 0 Å². The molecule has 3 heteroatoms. The molecule has 0 amide bonds. The first-order valence-corrected chi connectivity index (χ1v) is 4.01. The van der Waals surface area contributed by atoms with Crippen molar-refractivity contribution in [3.05, 3.63) is 28.7 Å². The van der Waals surface area contributed by atoms with Crippen LogP contribution in [0.2, 0.25) is 0 Å². The lowest BCUT2D eigenvalue weighted by Gasteiger charge is -2.03. The Morgan fingerprint density at radius 3 is 2.55 bits per heavy atom. The monoisotopic (exact) mass is 218 g/mol. The molecule has 0 spiro atoms. The lowest BCUT2D eigenvalue weighted by atomic mass is 10.3. The molecule has 0 fully saturated rings. The average Bonchev–Trinajstić information content (AvgIpc) is 1.94. The van der Waals surface area contributed by atoms with E-state index in [4.69, 9.17) is 4.74 Å². The van der Waals surface area contributed by atoms with E-state index in [9.17, 15) is 0 Å². The SMILES string of the molecule is CCOc1ccccc1Br.O. The molecule has 11 heavy (non-hydrogen) atoms. The Hall–Kier alpha value is -0.540. The van der Waals surface area contributed by atoms with Crippen molar-refractivity contribution < 1.29 is 10.2 Å². The Balaban J connectivity index is 0.000001000. The lowest BCUT2D eigenvalue weighted by Crippen LogP contribution is -1.91. The Labute approximate surface area is 74.6 Å². The number of halogens is 1. The van der Waals surface area contributed by atoms with E-state index in [-0.39, 0.29) is 5.48 Å². The Morgan fingerprint density at radius 1 is 1.36 bits per heavy atom. The van der Waals surface area contributed by atoms with Crippen molar-refractivity contribution in [3.63, 3.8) is 0 Å². The predicted molar refractivity (Wildman–Crippen MR) is 48.9 cm³/mol. The summed E-state index contributed by atoms with van der Waals surface area (Å²) in [4.78, 5) is 0. The predicted octanol–water partition coefficient (Wildman–Crippen LogP) is 2.02. The van der Waals surface area contributed by atoms with E-state index in [2.05, 4.69) is 15.9 Å². The zero-order chi connectivity index (χ0) is 7.40. The standard InChI is InChI=1S/C8H9BrO.H2O/c1-2-10-8-6-4-3-5-7(8)9;/h3-6H,2H2,1H3;1H2. The molecule has 0 radical (unpaired) electrons. The number of rotatable bonds is 2. The zero-order valence-electron chi connectivity index (χ0n) is 6.30. The van der Waals surface area contributed by atoms with E-state index in [0.717, 1.165) is 10.2 Å². The molecular weight excluding hydrogens is 208 g/mol. The summed E-state index contributed by atoms with van der Waals surface area (Å²) in [5.74, 6) is 0.907. The van der Waals surface area contributed by atoms with Crippen molar-refractivity contribution in [2.75, 3.05) is 6.61 Å². The summed E-state index contributed by atoms with van der Waals surface area (Å²) in [6.45, 7) is 2.68. The molecule has 0 saturated carbocycles. The van der Waals surface area contributed by atoms with Gasteiger partial charge < -0.3 is 10.2 Å². The highest BCUT2D eigenvalue weighted by molar-refractivity contribution is 9.10. The molecule has 0 aliphatic rings. The molecule has 0 heterocycles. The molecule has 0 aromatic heterocycles. The Morgan fingerprint density at radius 2 is 2.00 bits per heavy atom. The minimum Gasteiger partial charge on any atom is -0.493 e. The summed E-state index contributed by atoms with van der Waals surface area (Å²) in [5, 5.41) is 0. The maximum Gasteiger partial charge on any atom is 0.133 e. The van der Waals surface area contributed by atoms with Crippen molar-refractivity contribution in [1.29, 1.82) is 0 Å². The molecule has 0 saturated heterocycles. The van der Waals surface area contributed by atoms with Crippen molar-refractivity contribution in [2.24, 2.45) is 0 Å². The van der Waals surface area contributed by atoms with Crippen LogP contribution < -0.4 is 4.74 Å². The minimum absolute atomic E-state index is 0. The normalized spacial score (nSPS) is 8.55. The van der Waals surface area contributed by atoms with Gasteiger partial charge in [0.1, 0.15) is 5.75 Å². The first kappa shape index (κ1) is 10.5. The van der Waals surface area contributed by atoms with Crippen molar-refractivity contribution >= 4 is 15.9 Å². The van der Waals surface area contributed by atoms with Crippen LogP contribution in [0.15, 0.2) is 28.7 Å². The largest absolute Gasteiger partial charge is 0.493 e. The van der Waals surface area contributed by atoms with E-state index >= 15 is 0 Å². The second-order valence-electron chi connectivity index (χ2n) is 1.86. The molecule has 0 aliphatic heterocycles. The van der Waals surface area contributed by atoms with Gasteiger partial charge in [-0.2, -0.15) is 0 Å². The van der Waals surface area contributed by atoms with Gasteiger partial charge in [-0.1, -0.05) is 12.1 Å². The Kier molecular flexibility index (Phi) is 4.90. The molecule has 0 aliphatic carbocycles. The van der Waals surface area contributed by atoms with Crippen LogP contribution in [0.25, 0.3) is 0 Å². The molecule has 1 aromatic rings. The number of hydrogen-bond donors (Lipinski definition) is 0. The van der Waals surface area contributed by atoms with Gasteiger partial charge in [-0.15, -0.1) is 0 Å². The highest BCUT2D eigenvalue weighted by Gasteiger charge is 1.94. The number of benzene rings is 1. The van der Waals surface area contributed by atoms with Crippen LogP contribution in [-0.4, -0.2) is 12.1 Å². The number of hydrogen-bond acceptors (Lipinski definition) is 1. The molecule has 2 nitrogen and oxygen atoms in total. The third-order valence-electron chi connectivity index (χ3n) is 1.14. The van der Waals surface area contributed by atoms with Crippen LogP contribution in [0.3, 0.4) is 0 Å². The van der Waals surface area contributed by atoms with Gasteiger partial charge in [-0.3, -0.25) is 0 Å². The van der Waals surface area contributed by atoms with Crippen molar-refractivity contribution in [1.82, 2.24) is 0 Å². The molecule has 0 bridgehead atoms. The van der Waals surface area contributed by atoms with Crippen molar-refractivity contribution in [3.8, 4) is 5.75 Å². The van der Waals surface area contributed by atoms with E-state index in [1.165, 1.54) is 0 Å². The first-order valence-electron chi connectivity index (χ1n) is 3.22. The fourth-order valence-electron chi connectivity index (χ4n) is 0.717. The van der Waals surface area contributed by atoms with E-state index in [1.54, 1.807) is 0 Å². The fraction of sp³-hybridized carbons (Fsp3) is 0.250.